The summed E-state index contributed by atoms with van der Waals surface area (Å²) in [7, 11) is 5.95. The number of nitriles is 1. The molecule has 0 amide bonds. The van der Waals surface area contributed by atoms with E-state index in [1.165, 1.54) is 25.1 Å². The van der Waals surface area contributed by atoms with Gasteiger partial charge in [0.15, 0.2) is 0 Å². The van der Waals surface area contributed by atoms with Gasteiger partial charge in [0, 0.05) is 19.6 Å². The molecular weight excluding hydrogens is 250 g/mol. The van der Waals surface area contributed by atoms with Crippen molar-refractivity contribution in [1.82, 2.24) is 9.80 Å². The molecule has 1 fully saturated rings. The van der Waals surface area contributed by atoms with Gasteiger partial charge in [-0.1, -0.05) is 6.07 Å². The first-order chi connectivity index (χ1) is 9.62. The van der Waals surface area contributed by atoms with Crippen LogP contribution in [0.25, 0.3) is 0 Å². The second-order valence-corrected chi connectivity index (χ2v) is 5.76. The minimum absolute atomic E-state index is 0.594. The minimum atomic E-state index is 0.594. The lowest BCUT2D eigenvalue weighted by atomic mass is 10.1. The molecule has 1 aromatic carbocycles. The number of benzene rings is 1. The molecule has 20 heavy (non-hydrogen) atoms. The van der Waals surface area contributed by atoms with Crippen LogP contribution in [0.15, 0.2) is 18.2 Å². The molecule has 1 heterocycles. The van der Waals surface area contributed by atoms with Gasteiger partial charge in [0.2, 0.25) is 0 Å². The third-order valence-corrected chi connectivity index (χ3v) is 3.90. The third-order valence-electron chi connectivity index (χ3n) is 3.90. The van der Waals surface area contributed by atoms with E-state index in [0.717, 1.165) is 19.0 Å². The van der Waals surface area contributed by atoms with E-state index in [0.29, 0.717) is 11.3 Å². The van der Waals surface area contributed by atoms with E-state index < -0.39 is 0 Å². The maximum absolute atomic E-state index is 8.99. The van der Waals surface area contributed by atoms with Crippen molar-refractivity contribution in [1.29, 1.82) is 5.26 Å². The minimum Gasteiger partial charge on any atom is -0.495 e. The highest BCUT2D eigenvalue weighted by Crippen LogP contribution is 2.21. The topological polar surface area (TPSA) is 39.5 Å². The standard InChI is InChI=1S/C16H23N3O/c1-18-7-6-14(11-18)12-19(2)10-13-4-5-15(9-17)16(8-13)20-3/h4-5,8,14H,6-7,10-12H2,1-3H3. The second-order valence-electron chi connectivity index (χ2n) is 5.76. The molecule has 1 unspecified atom stereocenters. The third kappa shape index (κ3) is 3.72. The van der Waals surface area contributed by atoms with Crippen molar-refractivity contribution < 1.29 is 4.74 Å². The van der Waals surface area contributed by atoms with Crippen LogP contribution in [-0.2, 0) is 6.54 Å². The zero-order valence-electron chi connectivity index (χ0n) is 12.6. The van der Waals surface area contributed by atoms with Gasteiger partial charge in [0.1, 0.15) is 11.8 Å². The number of hydrogen-bond donors (Lipinski definition) is 0. The molecule has 0 aromatic heterocycles. The lowest BCUT2D eigenvalue weighted by Crippen LogP contribution is -2.27. The molecule has 1 aliphatic heterocycles. The fraction of sp³-hybridized carbons (Fsp3) is 0.562. The number of ether oxygens (including phenoxy) is 1. The molecule has 1 saturated heterocycles. The van der Waals surface area contributed by atoms with Crippen LogP contribution in [0, 0.1) is 17.2 Å². The van der Waals surface area contributed by atoms with E-state index >= 15 is 0 Å². The molecule has 4 nitrogen and oxygen atoms in total. The summed E-state index contributed by atoms with van der Waals surface area (Å²) in [5.74, 6) is 1.43. The SMILES string of the molecule is COc1cc(CN(C)CC2CCN(C)C2)ccc1C#N. The molecule has 4 heteroatoms. The predicted octanol–water partition coefficient (Wildman–Crippen LogP) is 1.95. The van der Waals surface area contributed by atoms with Crippen LogP contribution in [0.1, 0.15) is 17.5 Å². The van der Waals surface area contributed by atoms with Gasteiger partial charge in [-0.05, 0) is 50.7 Å². The molecule has 0 N–H and O–H groups in total. The smallest absolute Gasteiger partial charge is 0.136 e. The zero-order valence-corrected chi connectivity index (χ0v) is 12.6. The Bertz CT molecular complexity index is 495. The van der Waals surface area contributed by atoms with Crippen molar-refractivity contribution in [3.8, 4) is 11.8 Å². The molecule has 0 saturated carbocycles. The number of likely N-dealkylation sites (tertiary alicyclic amines) is 1. The quantitative estimate of drug-likeness (QED) is 0.822. The Balaban J connectivity index is 1.94. The average Bonchev–Trinajstić information content (AvgIpc) is 2.83. The Kier molecular flexibility index (Phi) is 4.99. The van der Waals surface area contributed by atoms with Crippen molar-refractivity contribution in [2.75, 3.05) is 40.8 Å². The largest absolute Gasteiger partial charge is 0.495 e. The number of rotatable bonds is 5. The molecule has 0 aliphatic carbocycles. The zero-order chi connectivity index (χ0) is 14.5. The van der Waals surface area contributed by atoms with Crippen molar-refractivity contribution in [2.24, 2.45) is 5.92 Å². The van der Waals surface area contributed by atoms with Gasteiger partial charge in [0.05, 0.1) is 12.7 Å². The molecule has 2 rings (SSSR count). The summed E-state index contributed by atoms with van der Waals surface area (Å²) >= 11 is 0. The van der Waals surface area contributed by atoms with Crippen LogP contribution in [0.5, 0.6) is 5.75 Å². The highest BCUT2D eigenvalue weighted by Gasteiger charge is 2.20. The maximum atomic E-state index is 8.99. The maximum Gasteiger partial charge on any atom is 0.136 e. The first-order valence-corrected chi connectivity index (χ1v) is 7.06. The molecule has 108 valence electrons. The number of nitrogens with zero attached hydrogens (tertiary/aromatic N) is 3. The highest BCUT2D eigenvalue weighted by atomic mass is 16.5. The monoisotopic (exact) mass is 273 g/mol. The van der Waals surface area contributed by atoms with Gasteiger partial charge in [-0.3, -0.25) is 0 Å². The van der Waals surface area contributed by atoms with Gasteiger partial charge in [-0.2, -0.15) is 5.26 Å². The predicted molar refractivity (Wildman–Crippen MR) is 79.6 cm³/mol. The summed E-state index contributed by atoms with van der Waals surface area (Å²) in [5.41, 5.74) is 1.78. The van der Waals surface area contributed by atoms with Gasteiger partial charge < -0.3 is 14.5 Å². The number of methoxy groups -OCH3 is 1. The lowest BCUT2D eigenvalue weighted by Gasteiger charge is -2.21. The molecule has 0 radical (unpaired) electrons. The van der Waals surface area contributed by atoms with Gasteiger partial charge >= 0.3 is 0 Å². The van der Waals surface area contributed by atoms with Crippen molar-refractivity contribution in [2.45, 2.75) is 13.0 Å². The van der Waals surface area contributed by atoms with Crippen LogP contribution >= 0.6 is 0 Å². The Morgan fingerprint density at radius 1 is 1.50 bits per heavy atom. The van der Waals surface area contributed by atoms with E-state index in [-0.39, 0.29) is 0 Å². The first kappa shape index (κ1) is 14.8. The summed E-state index contributed by atoms with van der Waals surface area (Å²) in [6, 6.07) is 7.97. The lowest BCUT2D eigenvalue weighted by molar-refractivity contribution is 0.267. The van der Waals surface area contributed by atoms with Crippen LogP contribution in [0.4, 0.5) is 0 Å². The highest BCUT2D eigenvalue weighted by molar-refractivity contribution is 5.45. The molecule has 1 aromatic rings. The molecule has 1 aliphatic rings. The average molecular weight is 273 g/mol. The second kappa shape index (κ2) is 6.74. The fourth-order valence-corrected chi connectivity index (χ4v) is 2.92. The summed E-state index contributed by atoms with van der Waals surface area (Å²) < 4.78 is 5.26. The summed E-state index contributed by atoms with van der Waals surface area (Å²) in [4.78, 5) is 4.74. The van der Waals surface area contributed by atoms with Crippen LogP contribution in [0.3, 0.4) is 0 Å². The first-order valence-electron chi connectivity index (χ1n) is 7.06. The van der Waals surface area contributed by atoms with Crippen LogP contribution < -0.4 is 4.74 Å². The normalized spacial score (nSPS) is 19.2. The Labute approximate surface area is 121 Å². The van der Waals surface area contributed by atoms with Crippen LogP contribution in [0.2, 0.25) is 0 Å². The number of hydrogen-bond acceptors (Lipinski definition) is 4. The van der Waals surface area contributed by atoms with Gasteiger partial charge in [-0.15, -0.1) is 0 Å². The van der Waals surface area contributed by atoms with Gasteiger partial charge in [0.25, 0.3) is 0 Å². The van der Waals surface area contributed by atoms with Crippen molar-refractivity contribution >= 4 is 0 Å². The van der Waals surface area contributed by atoms with E-state index in [4.69, 9.17) is 10.00 Å². The molecular formula is C16H23N3O. The van der Waals surface area contributed by atoms with E-state index in [2.05, 4.69) is 30.0 Å². The Morgan fingerprint density at radius 2 is 2.30 bits per heavy atom. The summed E-state index contributed by atoms with van der Waals surface area (Å²) in [5, 5.41) is 8.99. The van der Waals surface area contributed by atoms with E-state index in [9.17, 15) is 0 Å². The molecule has 0 spiro atoms. The van der Waals surface area contributed by atoms with E-state index in [1.54, 1.807) is 7.11 Å². The molecule has 1 atom stereocenters. The van der Waals surface area contributed by atoms with Crippen molar-refractivity contribution in [3.63, 3.8) is 0 Å². The molecule has 0 bridgehead atoms. The van der Waals surface area contributed by atoms with Gasteiger partial charge in [-0.25, -0.2) is 0 Å². The Hall–Kier alpha value is -1.57. The fourth-order valence-electron chi connectivity index (χ4n) is 2.92. The Morgan fingerprint density at radius 3 is 2.90 bits per heavy atom. The van der Waals surface area contributed by atoms with Crippen LogP contribution in [-0.4, -0.2) is 50.6 Å². The summed E-state index contributed by atoms with van der Waals surface area (Å²) in [6.45, 7) is 4.42. The van der Waals surface area contributed by atoms with Crippen molar-refractivity contribution in [3.05, 3.63) is 29.3 Å². The van der Waals surface area contributed by atoms with E-state index in [1.807, 2.05) is 18.2 Å². The summed E-state index contributed by atoms with van der Waals surface area (Å²) in [6.07, 6.45) is 1.29.